The van der Waals surface area contributed by atoms with Gasteiger partial charge in [0.25, 0.3) is 5.91 Å². The Kier molecular flexibility index (Phi) is 6.94. The van der Waals surface area contributed by atoms with Crippen molar-refractivity contribution in [1.82, 2.24) is 9.80 Å². The lowest BCUT2D eigenvalue weighted by Crippen LogP contribution is -2.39. The number of carbonyl (C=O) groups excluding carboxylic acids is 2. The van der Waals surface area contributed by atoms with Crippen LogP contribution in [0.5, 0.6) is 0 Å². The fourth-order valence-corrected chi connectivity index (χ4v) is 4.29. The van der Waals surface area contributed by atoms with E-state index in [1.54, 1.807) is 35.2 Å². The van der Waals surface area contributed by atoms with E-state index in [2.05, 4.69) is 0 Å². The number of likely N-dealkylation sites (tertiary alicyclic amines) is 1. The summed E-state index contributed by atoms with van der Waals surface area (Å²) in [6, 6.07) is 11.6. The van der Waals surface area contributed by atoms with E-state index < -0.39 is 23.6 Å². The number of hydrogen-bond acceptors (Lipinski definition) is 2. The molecule has 0 saturated carbocycles. The molecule has 0 spiro atoms. The monoisotopic (exact) mass is 452 g/mol. The molecule has 0 aliphatic carbocycles. The number of carbonyl (C=O) groups is 2. The quantitative estimate of drug-likeness (QED) is 0.634. The molecule has 3 rings (SSSR count). The number of alkyl halides is 3. The Hall–Kier alpha value is -2.54. The molecule has 2 aromatic rings. The summed E-state index contributed by atoms with van der Waals surface area (Å²) in [4.78, 5) is 29.4. The van der Waals surface area contributed by atoms with Crippen LogP contribution in [0.25, 0.3) is 0 Å². The van der Waals surface area contributed by atoms with Crippen molar-refractivity contribution < 1.29 is 22.8 Å². The molecule has 2 atom stereocenters. The highest BCUT2D eigenvalue weighted by atomic mass is 35.5. The summed E-state index contributed by atoms with van der Waals surface area (Å²) >= 11 is 6.17. The van der Waals surface area contributed by atoms with Crippen LogP contribution >= 0.6 is 11.6 Å². The van der Waals surface area contributed by atoms with Crippen LogP contribution in [0.2, 0.25) is 5.02 Å². The second kappa shape index (κ2) is 9.30. The van der Waals surface area contributed by atoms with E-state index in [4.69, 9.17) is 11.6 Å². The summed E-state index contributed by atoms with van der Waals surface area (Å²) in [5.41, 5.74) is -0.0624. The average molecular weight is 453 g/mol. The molecule has 8 heteroatoms. The lowest BCUT2D eigenvalue weighted by Gasteiger charge is -2.26. The van der Waals surface area contributed by atoms with Gasteiger partial charge < -0.3 is 9.80 Å². The van der Waals surface area contributed by atoms with Crippen LogP contribution < -0.4 is 0 Å². The van der Waals surface area contributed by atoms with Crippen molar-refractivity contribution in [3.63, 3.8) is 0 Å². The highest BCUT2D eigenvalue weighted by molar-refractivity contribution is 6.33. The Balaban J connectivity index is 1.97. The van der Waals surface area contributed by atoms with Gasteiger partial charge in [0.05, 0.1) is 22.1 Å². The van der Waals surface area contributed by atoms with Gasteiger partial charge in [0.1, 0.15) is 0 Å². The van der Waals surface area contributed by atoms with Gasteiger partial charge in [0.15, 0.2) is 0 Å². The van der Waals surface area contributed by atoms with Gasteiger partial charge >= 0.3 is 6.18 Å². The largest absolute Gasteiger partial charge is 0.416 e. The fraction of sp³-hybridized carbons (Fsp3) is 0.391. The van der Waals surface area contributed by atoms with E-state index in [1.165, 1.54) is 11.0 Å². The van der Waals surface area contributed by atoms with E-state index in [0.717, 1.165) is 12.1 Å². The lowest BCUT2D eigenvalue weighted by atomic mass is 9.87. The predicted molar refractivity (Wildman–Crippen MR) is 113 cm³/mol. The summed E-state index contributed by atoms with van der Waals surface area (Å²) < 4.78 is 39.8. The zero-order valence-corrected chi connectivity index (χ0v) is 18.1. The van der Waals surface area contributed by atoms with Gasteiger partial charge in [-0.15, -0.1) is 0 Å². The molecule has 0 radical (unpaired) electrons. The van der Waals surface area contributed by atoms with Crippen LogP contribution in [-0.2, 0) is 11.0 Å². The Bertz CT molecular complexity index is 960. The van der Waals surface area contributed by atoms with E-state index in [1.807, 2.05) is 13.8 Å². The third-order valence-corrected chi connectivity index (χ3v) is 6.08. The third-order valence-electron chi connectivity index (χ3n) is 5.75. The van der Waals surface area contributed by atoms with Crippen LogP contribution in [0, 0.1) is 5.92 Å². The zero-order chi connectivity index (χ0) is 22.8. The van der Waals surface area contributed by atoms with E-state index in [9.17, 15) is 22.8 Å². The van der Waals surface area contributed by atoms with Gasteiger partial charge in [-0.05, 0) is 37.6 Å². The van der Waals surface area contributed by atoms with Crippen molar-refractivity contribution in [2.75, 3.05) is 26.2 Å². The van der Waals surface area contributed by atoms with Crippen LogP contribution in [-0.4, -0.2) is 47.8 Å². The molecule has 0 aromatic heterocycles. The molecule has 2 aromatic carbocycles. The first-order valence-corrected chi connectivity index (χ1v) is 10.5. The van der Waals surface area contributed by atoms with E-state index in [-0.39, 0.29) is 24.9 Å². The van der Waals surface area contributed by atoms with Crippen LogP contribution in [0.15, 0.2) is 48.5 Å². The van der Waals surface area contributed by atoms with E-state index >= 15 is 0 Å². The molecule has 31 heavy (non-hydrogen) atoms. The highest BCUT2D eigenvalue weighted by Crippen LogP contribution is 2.38. The van der Waals surface area contributed by atoms with Gasteiger partial charge in [-0.25, -0.2) is 0 Å². The molecule has 0 bridgehead atoms. The minimum atomic E-state index is -4.49. The molecule has 4 nitrogen and oxygen atoms in total. The molecule has 166 valence electrons. The maximum absolute atomic E-state index is 13.3. The number of halogens is 4. The normalized spacial score (nSPS) is 18.8. The molecule has 1 heterocycles. The van der Waals surface area contributed by atoms with Gasteiger partial charge in [-0.1, -0.05) is 41.9 Å². The fourth-order valence-electron chi connectivity index (χ4n) is 4.08. The molecule has 1 aliphatic heterocycles. The van der Waals surface area contributed by atoms with Gasteiger partial charge in [0.2, 0.25) is 5.91 Å². The van der Waals surface area contributed by atoms with Crippen LogP contribution in [0.1, 0.15) is 41.3 Å². The molecular weight excluding hydrogens is 429 g/mol. The maximum Gasteiger partial charge on any atom is 0.416 e. The molecule has 2 amide bonds. The third kappa shape index (κ3) is 4.87. The first-order valence-electron chi connectivity index (χ1n) is 10.2. The van der Waals surface area contributed by atoms with Crippen molar-refractivity contribution in [3.8, 4) is 0 Å². The first kappa shape index (κ1) is 23.1. The average Bonchev–Trinajstić information content (AvgIpc) is 3.19. The molecule has 0 N–H and O–H groups in total. The van der Waals surface area contributed by atoms with Gasteiger partial charge in [-0.3, -0.25) is 9.59 Å². The Morgan fingerprint density at radius 3 is 2.35 bits per heavy atom. The zero-order valence-electron chi connectivity index (χ0n) is 17.3. The number of benzene rings is 2. The molecule has 1 aliphatic rings. The summed E-state index contributed by atoms with van der Waals surface area (Å²) in [5, 5.41) is 0.293. The standard InChI is InChI=1S/C23H24ClF3N2O2/c1-3-28(4-2)22(31)19-14-29(21(30)17-10-5-6-11-20(17)24)13-18(19)15-8-7-9-16(12-15)23(25,26)27/h5-12,18-19H,3-4,13-14H2,1-2H3. The Labute approximate surface area is 184 Å². The topological polar surface area (TPSA) is 40.6 Å². The number of rotatable bonds is 5. The number of amides is 2. The summed E-state index contributed by atoms with van der Waals surface area (Å²) in [5.74, 6) is -1.67. The smallest absolute Gasteiger partial charge is 0.343 e. The molecule has 1 saturated heterocycles. The Morgan fingerprint density at radius 2 is 1.74 bits per heavy atom. The van der Waals surface area contributed by atoms with Crippen LogP contribution in [0.4, 0.5) is 13.2 Å². The summed E-state index contributed by atoms with van der Waals surface area (Å²) in [6.07, 6.45) is -4.49. The number of hydrogen-bond donors (Lipinski definition) is 0. The molecule has 2 unspecified atom stereocenters. The minimum Gasteiger partial charge on any atom is -0.343 e. The summed E-state index contributed by atoms with van der Waals surface area (Å²) in [6.45, 7) is 4.94. The SMILES string of the molecule is CCN(CC)C(=O)C1CN(C(=O)c2ccccc2Cl)CC1c1cccc(C(F)(F)F)c1. The Morgan fingerprint density at radius 1 is 1.06 bits per heavy atom. The lowest BCUT2D eigenvalue weighted by molar-refractivity contribution is -0.137. The van der Waals surface area contributed by atoms with Crippen LogP contribution in [0.3, 0.4) is 0 Å². The van der Waals surface area contributed by atoms with Crippen molar-refractivity contribution in [2.24, 2.45) is 5.92 Å². The summed E-state index contributed by atoms with van der Waals surface area (Å²) in [7, 11) is 0. The maximum atomic E-state index is 13.3. The van der Waals surface area contributed by atoms with Crippen molar-refractivity contribution in [2.45, 2.75) is 25.9 Å². The van der Waals surface area contributed by atoms with Crippen molar-refractivity contribution in [1.29, 1.82) is 0 Å². The second-order valence-corrected chi connectivity index (χ2v) is 7.94. The van der Waals surface area contributed by atoms with Crippen molar-refractivity contribution in [3.05, 3.63) is 70.2 Å². The predicted octanol–water partition coefficient (Wildman–Crippen LogP) is 5.08. The minimum absolute atomic E-state index is 0.125. The van der Waals surface area contributed by atoms with Gasteiger partial charge in [0, 0.05) is 32.1 Å². The molecular formula is C23H24ClF3N2O2. The first-order chi connectivity index (χ1) is 14.7. The molecule has 1 fully saturated rings. The second-order valence-electron chi connectivity index (χ2n) is 7.54. The number of nitrogens with zero attached hydrogens (tertiary/aromatic N) is 2. The van der Waals surface area contributed by atoms with E-state index in [0.29, 0.717) is 29.2 Å². The van der Waals surface area contributed by atoms with Gasteiger partial charge in [-0.2, -0.15) is 13.2 Å². The van der Waals surface area contributed by atoms with Crippen molar-refractivity contribution >= 4 is 23.4 Å². The highest BCUT2D eigenvalue weighted by Gasteiger charge is 2.43.